The highest BCUT2D eigenvalue weighted by Gasteiger charge is 2.09. The second-order valence-electron chi connectivity index (χ2n) is 14.5. The fourth-order valence-corrected chi connectivity index (χ4v) is 6.75. The molecule has 0 atom stereocenters. The smallest absolute Gasteiger partial charge is 0.193 e. The number of ketones is 1. The summed E-state index contributed by atoms with van der Waals surface area (Å²) in [4.78, 5) is 13.0. The molecule has 272 valence electrons. The van der Waals surface area contributed by atoms with E-state index in [2.05, 4.69) is 24.5 Å². The Morgan fingerprint density at radius 3 is 0.833 bits per heavy atom. The molecular formula is C45H76N2O. The Kier molecular flexibility index (Phi) is 26.8. The van der Waals surface area contributed by atoms with Gasteiger partial charge >= 0.3 is 0 Å². The van der Waals surface area contributed by atoms with Gasteiger partial charge in [0.15, 0.2) is 5.78 Å². The van der Waals surface area contributed by atoms with Crippen molar-refractivity contribution in [2.45, 2.75) is 194 Å². The third-order valence-corrected chi connectivity index (χ3v) is 10.0. The molecule has 0 aliphatic carbocycles. The highest BCUT2D eigenvalue weighted by atomic mass is 16.1. The van der Waals surface area contributed by atoms with Crippen molar-refractivity contribution in [3.8, 4) is 0 Å². The predicted molar refractivity (Wildman–Crippen MR) is 214 cm³/mol. The summed E-state index contributed by atoms with van der Waals surface area (Å²) >= 11 is 0. The summed E-state index contributed by atoms with van der Waals surface area (Å²) in [5.41, 5.74) is 3.70. The lowest BCUT2D eigenvalue weighted by Crippen LogP contribution is -2.05. The third kappa shape index (κ3) is 22.4. The zero-order chi connectivity index (χ0) is 34.2. The molecule has 0 unspecified atom stereocenters. The quantitative estimate of drug-likeness (QED) is 0.0580. The van der Waals surface area contributed by atoms with Gasteiger partial charge in [-0.2, -0.15) is 0 Å². The van der Waals surface area contributed by atoms with Crippen LogP contribution in [0.1, 0.15) is 210 Å². The molecule has 2 aromatic carbocycles. The average molecular weight is 661 g/mol. The molecule has 2 N–H and O–H groups in total. The minimum absolute atomic E-state index is 0.0899. The topological polar surface area (TPSA) is 41.1 Å². The van der Waals surface area contributed by atoms with Gasteiger partial charge in [-0.25, -0.2) is 0 Å². The maximum Gasteiger partial charge on any atom is 0.193 e. The van der Waals surface area contributed by atoms with Gasteiger partial charge in [0.2, 0.25) is 0 Å². The standard InChI is InChI=1S/C45H76N2O/c1-3-5-7-9-11-13-15-17-19-21-23-25-27-29-39-46-43-35-31-41(32-36-43)45(48)42-33-37-44(38-34-42)47-40-30-28-26-24-22-20-18-16-14-12-10-8-6-4-2/h31-38,46-47H,3-30,39-40H2,1-2H3. The lowest BCUT2D eigenvalue weighted by Gasteiger charge is -2.09. The van der Waals surface area contributed by atoms with Crippen LogP contribution in [0.3, 0.4) is 0 Å². The van der Waals surface area contributed by atoms with Gasteiger partial charge in [0, 0.05) is 35.6 Å². The molecule has 2 rings (SSSR count). The average Bonchev–Trinajstić information content (AvgIpc) is 3.12. The number of carbonyl (C=O) groups is 1. The van der Waals surface area contributed by atoms with Crippen LogP contribution in [0.15, 0.2) is 48.5 Å². The second-order valence-corrected chi connectivity index (χ2v) is 14.5. The van der Waals surface area contributed by atoms with Gasteiger partial charge in [0.05, 0.1) is 0 Å². The Labute approximate surface area is 298 Å². The number of benzene rings is 2. The van der Waals surface area contributed by atoms with Gasteiger partial charge in [-0.1, -0.05) is 181 Å². The van der Waals surface area contributed by atoms with Crippen molar-refractivity contribution < 1.29 is 4.79 Å². The molecule has 0 radical (unpaired) electrons. The molecule has 0 bridgehead atoms. The molecule has 0 fully saturated rings. The van der Waals surface area contributed by atoms with E-state index in [1.807, 2.05) is 48.5 Å². The van der Waals surface area contributed by atoms with E-state index < -0.39 is 0 Å². The molecule has 0 aromatic heterocycles. The molecule has 3 nitrogen and oxygen atoms in total. The van der Waals surface area contributed by atoms with Crippen molar-refractivity contribution in [2.24, 2.45) is 0 Å². The van der Waals surface area contributed by atoms with E-state index in [0.717, 1.165) is 35.6 Å². The number of anilines is 2. The first-order chi connectivity index (χ1) is 23.7. The largest absolute Gasteiger partial charge is 0.385 e. The number of unbranched alkanes of at least 4 members (excludes halogenated alkanes) is 26. The normalized spacial score (nSPS) is 11.2. The van der Waals surface area contributed by atoms with Crippen molar-refractivity contribution in [1.82, 2.24) is 0 Å². The van der Waals surface area contributed by atoms with Crippen LogP contribution in [0.4, 0.5) is 11.4 Å². The van der Waals surface area contributed by atoms with Gasteiger partial charge in [0.25, 0.3) is 0 Å². The van der Waals surface area contributed by atoms with Crippen LogP contribution in [0.2, 0.25) is 0 Å². The number of hydrogen-bond acceptors (Lipinski definition) is 3. The lowest BCUT2D eigenvalue weighted by molar-refractivity contribution is 0.103. The number of carbonyl (C=O) groups excluding carboxylic acids is 1. The lowest BCUT2D eigenvalue weighted by atomic mass is 10.0. The highest BCUT2D eigenvalue weighted by Crippen LogP contribution is 2.18. The maximum atomic E-state index is 13.0. The molecule has 0 heterocycles. The first kappa shape index (κ1) is 41.9. The van der Waals surface area contributed by atoms with E-state index >= 15 is 0 Å². The van der Waals surface area contributed by atoms with Crippen LogP contribution in [0, 0.1) is 0 Å². The van der Waals surface area contributed by atoms with Crippen LogP contribution < -0.4 is 10.6 Å². The monoisotopic (exact) mass is 661 g/mol. The Morgan fingerprint density at radius 2 is 0.583 bits per heavy atom. The van der Waals surface area contributed by atoms with E-state index in [1.54, 1.807) is 0 Å². The summed E-state index contributed by atoms with van der Waals surface area (Å²) < 4.78 is 0. The van der Waals surface area contributed by atoms with Crippen LogP contribution in [0.5, 0.6) is 0 Å². The zero-order valence-corrected chi connectivity index (χ0v) is 31.7. The Hall–Kier alpha value is -2.29. The van der Waals surface area contributed by atoms with Crippen molar-refractivity contribution >= 4 is 17.2 Å². The molecule has 0 spiro atoms. The van der Waals surface area contributed by atoms with E-state index in [4.69, 9.17) is 0 Å². The Balaban J connectivity index is 1.44. The Morgan fingerprint density at radius 1 is 0.354 bits per heavy atom. The predicted octanol–water partition coefficient (Wildman–Crippen LogP) is 14.7. The van der Waals surface area contributed by atoms with Gasteiger partial charge in [-0.3, -0.25) is 4.79 Å². The summed E-state index contributed by atoms with van der Waals surface area (Å²) in [6.07, 6.45) is 38.8. The molecule has 3 heteroatoms. The SMILES string of the molecule is CCCCCCCCCCCCCCCCNc1ccc(C(=O)c2ccc(NCCCCCCCCCCCCCCCC)cc2)cc1. The number of nitrogens with one attached hydrogen (secondary N) is 2. The fourth-order valence-electron chi connectivity index (χ4n) is 6.75. The molecule has 2 aromatic rings. The Bertz CT molecular complexity index is 904. The van der Waals surface area contributed by atoms with Gasteiger partial charge in [-0.05, 0) is 61.4 Å². The van der Waals surface area contributed by atoms with Crippen molar-refractivity contribution in [3.63, 3.8) is 0 Å². The molecule has 0 aliphatic rings. The molecule has 0 saturated carbocycles. The minimum atomic E-state index is 0.0899. The van der Waals surface area contributed by atoms with Gasteiger partial charge in [-0.15, -0.1) is 0 Å². The van der Waals surface area contributed by atoms with Gasteiger partial charge < -0.3 is 10.6 Å². The van der Waals surface area contributed by atoms with Crippen molar-refractivity contribution in [2.75, 3.05) is 23.7 Å². The third-order valence-electron chi connectivity index (χ3n) is 10.0. The molecule has 0 amide bonds. The summed E-state index contributed by atoms with van der Waals surface area (Å²) in [5.74, 6) is 0.0899. The molecular weight excluding hydrogens is 585 g/mol. The van der Waals surface area contributed by atoms with Crippen LogP contribution >= 0.6 is 0 Å². The van der Waals surface area contributed by atoms with E-state index in [0.29, 0.717) is 0 Å². The summed E-state index contributed by atoms with van der Waals surface area (Å²) in [6.45, 7) is 6.58. The number of hydrogen-bond donors (Lipinski definition) is 2. The van der Waals surface area contributed by atoms with Gasteiger partial charge in [0.1, 0.15) is 0 Å². The highest BCUT2D eigenvalue weighted by molar-refractivity contribution is 6.09. The molecule has 0 saturated heterocycles. The van der Waals surface area contributed by atoms with Crippen LogP contribution in [-0.2, 0) is 0 Å². The van der Waals surface area contributed by atoms with Crippen molar-refractivity contribution in [1.29, 1.82) is 0 Å². The van der Waals surface area contributed by atoms with Crippen LogP contribution in [-0.4, -0.2) is 18.9 Å². The van der Waals surface area contributed by atoms with E-state index in [-0.39, 0.29) is 5.78 Å². The molecule has 48 heavy (non-hydrogen) atoms. The fraction of sp³-hybridized carbons (Fsp3) is 0.711. The summed E-state index contributed by atoms with van der Waals surface area (Å²) in [6, 6.07) is 16.0. The van der Waals surface area contributed by atoms with E-state index in [9.17, 15) is 4.79 Å². The van der Waals surface area contributed by atoms with E-state index in [1.165, 1.54) is 180 Å². The maximum absolute atomic E-state index is 13.0. The first-order valence-corrected chi connectivity index (χ1v) is 21.0. The first-order valence-electron chi connectivity index (χ1n) is 21.0. The number of rotatable bonds is 34. The molecule has 0 aliphatic heterocycles. The zero-order valence-electron chi connectivity index (χ0n) is 31.7. The minimum Gasteiger partial charge on any atom is -0.385 e. The van der Waals surface area contributed by atoms with Crippen LogP contribution in [0.25, 0.3) is 0 Å². The summed E-state index contributed by atoms with van der Waals surface area (Å²) in [5, 5.41) is 7.07. The van der Waals surface area contributed by atoms with Crippen molar-refractivity contribution in [3.05, 3.63) is 59.7 Å². The summed E-state index contributed by atoms with van der Waals surface area (Å²) in [7, 11) is 0. The second kappa shape index (κ2) is 30.7.